The molecule has 1 spiro atoms. The number of amides is 2. The van der Waals surface area contributed by atoms with Crippen molar-refractivity contribution in [2.45, 2.75) is 37.8 Å². The third-order valence-corrected chi connectivity index (χ3v) is 5.57. The molecule has 0 radical (unpaired) electrons. The van der Waals surface area contributed by atoms with Crippen LogP contribution >= 0.6 is 0 Å². The van der Waals surface area contributed by atoms with Crippen LogP contribution in [0.15, 0.2) is 66.9 Å². The van der Waals surface area contributed by atoms with Gasteiger partial charge in [-0.25, -0.2) is 4.79 Å². The minimum atomic E-state index is -0.838. The first kappa shape index (κ1) is 18.3. The number of ether oxygens (including phenoxy) is 1. The average Bonchev–Trinajstić information content (AvgIpc) is 2.69. The Bertz CT molecular complexity index is 961. The van der Waals surface area contributed by atoms with Crippen molar-refractivity contribution in [2.75, 3.05) is 12.0 Å². The molecule has 0 N–H and O–H groups in total. The summed E-state index contributed by atoms with van der Waals surface area (Å²) in [7, 11) is 1.35. The number of benzene rings is 2. The second kappa shape index (κ2) is 6.23. The van der Waals surface area contributed by atoms with Gasteiger partial charge in [0.1, 0.15) is 5.41 Å². The van der Waals surface area contributed by atoms with E-state index in [1.54, 1.807) is 6.20 Å². The van der Waals surface area contributed by atoms with E-state index in [0.29, 0.717) is 5.69 Å². The molecule has 1 fully saturated rings. The molecule has 2 aliphatic rings. The summed E-state index contributed by atoms with van der Waals surface area (Å²) in [5.41, 5.74) is 1.41. The van der Waals surface area contributed by atoms with E-state index in [2.05, 4.69) is 12.1 Å². The zero-order chi connectivity index (χ0) is 20.1. The van der Waals surface area contributed by atoms with E-state index >= 15 is 0 Å². The monoisotopic (exact) mass is 376 g/mol. The average molecular weight is 376 g/mol. The molecule has 2 aromatic rings. The van der Waals surface area contributed by atoms with E-state index in [-0.39, 0.29) is 17.5 Å². The number of fused-ring (bicyclic) bond motifs is 2. The highest BCUT2D eigenvalue weighted by Crippen LogP contribution is 2.58. The predicted molar refractivity (Wildman–Crippen MR) is 108 cm³/mol. The fraction of sp³-hybridized carbons (Fsp3) is 0.304. The summed E-state index contributed by atoms with van der Waals surface area (Å²) in [6.07, 6.45) is 3.05. The van der Waals surface area contributed by atoms with Crippen LogP contribution in [0.1, 0.15) is 37.9 Å². The number of β-lactam (4-membered cyclic amide) rings is 1. The highest BCUT2D eigenvalue weighted by Gasteiger charge is 2.65. The van der Waals surface area contributed by atoms with Crippen molar-refractivity contribution >= 4 is 17.7 Å². The van der Waals surface area contributed by atoms with Crippen LogP contribution in [0.2, 0.25) is 0 Å². The van der Waals surface area contributed by atoms with Crippen molar-refractivity contribution in [3.8, 4) is 0 Å². The molecule has 0 aliphatic carbocycles. The smallest absolute Gasteiger partial charge is 0.418 e. The first-order valence-corrected chi connectivity index (χ1v) is 9.37. The third-order valence-electron chi connectivity index (χ3n) is 5.57. The van der Waals surface area contributed by atoms with Crippen LogP contribution in [0, 0.1) is 0 Å². The lowest BCUT2D eigenvalue weighted by Gasteiger charge is -2.61. The van der Waals surface area contributed by atoms with E-state index in [9.17, 15) is 9.59 Å². The number of rotatable bonds is 1. The van der Waals surface area contributed by atoms with Crippen LogP contribution in [0.3, 0.4) is 0 Å². The lowest BCUT2D eigenvalue weighted by Crippen LogP contribution is -2.70. The van der Waals surface area contributed by atoms with Gasteiger partial charge in [0.2, 0.25) is 5.91 Å². The normalized spacial score (nSPS) is 23.4. The quantitative estimate of drug-likeness (QED) is 0.693. The first-order chi connectivity index (χ1) is 13.3. The zero-order valence-electron chi connectivity index (χ0n) is 16.5. The van der Waals surface area contributed by atoms with Crippen LogP contribution in [0.25, 0.3) is 0 Å². The van der Waals surface area contributed by atoms with Gasteiger partial charge in [-0.05, 0) is 44.0 Å². The highest BCUT2D eigenvalue weighted by molar-refractivity contribution is 6.04. The van der Waals surface area contributed by atoms with Crippen molar-refractivity contribution in [3.05, 3.63) is 78.0 Å². The summed E-state index contributed by atoms with van der Waals surface area (Å²) < 4.78 is 4.92. The zero-order valence-corrected chi connectivity index (χ0v) is 16.5. The Kier molecular flexibility index (Phi) is 4.07. The first-order valence-electron chi connectivity index (χ1n) is 9.37. The van der Waals surface area contributed by atoms with Crippen LogP contribution in [-0.2, 0) is 14.9 Å². The number of nitrogens with zero attached hydrogens (tertiary/aromatic N) is 2. The minimum Gasteiger partial charge on any atom is -0.452 e. The number of anilines is 1. The van der Waals surface area contributed by atoms with Crippen molar-refractivity contribution in [3.63, 3.8) is 0 Å². The van der Waals surface area contributed by atoms with Gasteiger partial charge in [0.15, 0.2) is 0 Å². The Morgan fingerprint density at radius 3 is 2.32 bits per heavy atom. The van der Waals surface area contributed by atoms with Gasteiger partial charge in [-0.2, -0.15) is 0 Å². The number of likely N-dealkylation sites (tertiary alicyclic amines) is 1. The van der Waals surface area contributed by atoms with Gasteiger partial charge in [0.05, 0.1) is 18.8 Å². The largest absolute Gasteiger partial charge is 0.452 e. The maximum atomic E-state index is 13.6. The summed E-state index contributed by atoms with van der Waals surface area (Å²) in [6.45, 7) is 6.15. The molecule has 0 aromatic heterocycles. The van der Waals surface area contributed by atoms with Gasteiger partial charge < -0.3 is 9.64 Å². The van der Waals surface area contributed by atoms with Crippen molar-refractivity contribution in [1.29, 1.82) is 0 Å². The van der Waals surface area contributed by atoms with Gasteiger partial charge in [-0.3, -0.25) is 9.69 Å². The Morgan fingerprint density at radius 2 is 1.68 bits per heavy atom. The number of hydrogen-bond acceptors (Lipinski definition) is 3. The molecule has 4 rings (SSSR count). The second-order valence-corrected chi connectivity index (χ2v) is 8.20. The van der Waals surface area contributed by atoms with E-state index in [1.807, 2.05) is 74.2 Å². The van der Waals surface area contributed by atoms with Gasteiger partial charge in [0, 0.05) is 11.7 Å². The van der Waals surface area contributed by atoms with Gasteiger partial charge in [-0.15, -0.1) is 0 Å². The summed E-state index contributed by atoms with van der Waals surface area (Å²) in [5.74, 6) is 0.0436. The number of methoxy groups -OCH3 is 1. The Hall–Kier alpha value is -3.08. The third kappa shape index (κ3) is 2.39. The maximum absolute atomic E-state index is 13.6. The second-order valence-electron chi connectivity index (χ2n) is 8.20. The molecular weight excluding hydrogens is 352 g/mol. The number of hydrogen-bond donors (Lipinski definition) is 0. The number of carbonyl (C=O) groups is 2. The van der Waals surface area contributed by atoms with Gasteiger partial charge >= 0.3 is 6.09 Å². The van der Waals surface area contributed by atoms with Gasteiger partial charge in [-0.1, -0.05) is 48.5 Å². The summed E-state index contributed by atoms with van der Waals surface area (Å²) in [5, 5.41) is 0. The standard InChI is InChI=1S/C23H24N2O3/c1-22(2,3)25-19(16-10-6-5-7-11-16)23(20(25)26)14-15-24(21(27)28-4)18-13-9-8-12-17(18)23/h5-15,19H,1-4H3/t19-,23-/m1/s1. The van der Waals surface area contributed by atoms with Crippen molar-refractivity contribution < 1.29 is 14.3 Å². The summed E-state index contributed by atoms with van der Waals surface area (Å²) in [6, 6.07) is 17.5. The Morgan fingerprint density at radius 1 is 1.04 bits per heavy atom. The van der Waals surface area contributed by atoms with Crippen molar-refractivity contribution in [1.82, 2.24) is 4.90 Å². The molecule has 5 heteroatoms. The molecule has 1 saturated heterocycles. The van der Waals surface area contributed by atoms with Crippen LogP contribution in [-0.4, -0.2) is 29.5 Å². The molecule has 0 unspecified atom stereocenters. The molecule has 2 aromatic carbocycles. The molecule has 5 nitrogen and oxygen atoms in total. The number of carbonyl (C=O) groups excluding carboxylic acids is 2. The van der Waals surface area contributed by atoms with E-state index in [0.717, 1.165) is 11.1 Å². The lowest BCUT2D eigenvalue weighted by atomic mass is 9.60. The van der Waals surface area contributed by atoms with Crippen LogP contribution in [0.5, 0.6) is 0 Å². The van der Waals surface area contributed by atoms with Crippen LogP contribution in [0.4, 0.5) is 10.5 Å². The van der Waals surface area contributed by atoms with Crippen LogP contribution < -0.4 is 4.90 Å². The predicted octanol–water partition coefficient (Wildman–Crippen LogP) is 4.41. The van der Waals surface area contributed by atoms with Crippen molar-refractivity contribution in [2.24, 2.45) is 0 Å². The molecule has 2 heterocycles. The molecule has 2 atom stereocenters. The topological polar surface area (TPSA) is 49.9 Å². The SMILES string of the molecule is COC(=O)N1C=C[C@@]2(C(=O)N(C(C)(C)C)[C@@H]2c2ccccc2)c2ccccc21. The minimum absolute atomic E-state index is 0.0436. The fourth-order valence-electron chi connectivity index (χ4n) is 4.39. The van der Waals surface area contributed by atoms with E-state index in [1.165, 1.54) is 12.0 Å². The van der Waals surface area contributed by atoms with E-state index in [4.69, 9.17) is 4.74 Å². The molecule has 2 amide bonds. The molecular formula is C23H24N2O3. The lowest BCUT2D eigenvalue weighted by molar-refractivity contribution is -0.167. The van der Waals surface area contributed by atoms with Gasteiger partial charge in [0.25, 0.3) is 0 Å². The summed E-state index contributed by atoms with van der Waals surface area (Å²) >= 11 is 0. The molecule has 2 aliphatic heterocycles. The Balaban J connectivity index is 1.93. The fourth-order valence-corrected chi connectivity index (χ4v) is 4.39. The molecule has 144 valence electrons. The maximum Gasteiger partial charge on any atom is 0.418 e. The molecule has 0 saturated carbocycles. The molecule has 0 bridgehead atoms. The molecule has 28 heavy (non-hydrogen) atoms. The Labute approximate surface area is 165 Å². The number of para-hydroxylation sites is 1. The summed E-state index contributed by atoms with van der Waals surface area (Å²) in [4.78, 5) is 29.3. The highest BCUT2D eigenvalue weighted by atomic mass is 16.5. The van der Waals surface area contributed by atoms with E-state index < -0.39 is 11.5 Å².